The van der Waals surface area contributed by atoms with Gasteiger partial charge in [-0.1, -0.05) is 29.8 Å². The molecule has 3 N–H and O–H groups in total. The molecule has 0 radical (unpaired) electrons. The van der Waals surface area contributed by atoms with E-state index in [4.69, 9.17) is 5.11 Å². The molecule has 0 saturated carbocycles. The summed E-state index contributed by atoms with van der Waals surface area (Å²) in [5, 5.41) is 14.0. The average molecular weight is 368 g/mol. The SMILES string of the molecule is Cc1ccc(CCCC(=O)Nc2ccc(C(=O)NC(C)C(=O)O)cc2)cc1. The highest BCUT2D eigenvalue weighted by Crippen LogP contribution is 2.12. The van der Waals surface area contributed by atoms with Gasteiger partial charge in [0.1, 0.15) is 6.04 Å². The van der Waals surface area contributed by atoms with Gasteiger partial charge in [0.2, 0.25) is 5.91 Å². The number of carboxylic acids is 1. The van der Waals surface area contributed by atoms with Crippen LogP contribution in [0.5, 0.6) is 0 Å². The van der Waals surface area contributed by atoms with Gasteiger partial charge in [-0.3, -0.25) is 14.4 Å². The van der Waals surface area contributed by atoms with Gasteiger partial charge in [0.05, 0.1) is 0 Å². The number of anilines is 1. The van der Waals surface area contributed by atoms with Crippen molar-refractivity contribution in [2.24, 2.45) is 0 Å². The second-order valence-electron chi connectivity index (χ2n) is 6.50. The first-order valence-electron chi connectivity index (χ1n) is 8.84. The van der Waals surface area contributed by atoms with Crippen LogP contribution in [-0.2, 0) is 16.0 Å². The molecule has 0 spiro atoms. The average Bonchev–Trinajstić information content (AvgIpc) is 2.63. The van der Waals surface area contributed by atoms with Crippen molar-refractivity contribution in [3.05, 3.63) is 65.2 Å². The molecule has 0 fully saturated rings. The number of aryl methyl sites for hydroxylation is 2. The summed E-state index contributed by atoms with van der Waals surface area (Å²) in [4.78, 5) is 34.7. The van der Waals surface area contributed by atoms with Crippen LogP contribution in [0.1, 0.15) is 41.3 Å². The predicted molar refractivity (Wildman–Crippen MR) is 104 cm³/mol. The summed E-state index contributed by atoms with van der Waals surface area (Å²) in [5.41, 5.74) is 3.35. The summed E-state index contributed by atoms with van der Waals surface area (Å²) in [6.45, 7) is 3.43. The number of aliphatic carboxylic acids is 1. The first-order chi connectivity index (χ1) is 12.8. The summed E-state index contributed by atoms with van der Waals surface area (Å²) >= 11 is 0. The smallest absolute Gasteiger partial charge is 0.325 e. The fraction of sp³-hybridized carbons (Fsp3) is 0.286. The number of benzene rings is 2. The van der Waals surface area contributed by atoms with Gasteiger partial charge in [-0.2, -0.15) is 0 Å². The van der Waals surface area contributed by atoms with Crippen LogP contribution in [0.3, 0.4) is 0 Å². The summed E-state index contributed by atoms with van der Waals surface area (Å²) in [5.74, 6) is -1.66. The second kappa shape index (κ2) is 9.52. The number of hydrogen-bond donors (Lipinski definition) is 3. The van der Waals surface area contributed by atoms with Crippen LogP contribution in [-0.4, -0.2) is 28.9 Å². The summed E-state index contributed by atoms with van der Waals surface area (Å²) in [6, 6.07) is 13.6. The monoisotopic (exact) mass is 368 g/mol. The van der Waals surface area contributed by atoms with Gasteiger partial charge in [-0.25, -0.2) is 0 Å². The molecule has 2 aromatic rings. The Labute approximate surface area is 158 Å². The zero-order valence-corrected chi connectivity index (χ0v) is 15.5. The molecule has 2 rings (SSSR count). The highest BCUT2D eigenvalue weighted by molar-refractivity contribution is 5.97. The van der Waals surface area contributed by atoms with E-state index in [0.29, 0.717) is 17.7 Å². The highest BCUT2D eigenvalue weighted by atomic mass is 16.4. The van der Waals surface area contributed by atoms with Crippen LogP contribution in [0.25, 0.3) is 0 Å². The summed E-state index contributed by atoms with van der Waals surface area (Å²) < 4.78 is 0. The van der Waals surface area contributed by atoms with Gasteiger partial charge in [0.15, 0.2) is 0 Å². The largest absolute Gasteiger partial charge is 0.480 e. The Bertz CT molecular complexity index is 798. The van der Waals surface area contributed by atoms with Crippen molar-refractivity contribution in [1.29, 1.82) is 0 Å². The Morgan fingerprint density at radius 2 is 1.63 bits per heavy atom. The van der Waals surface area contributed by atoms with E-state index in [9.17, 15) is 14.4 Å². The normalized spacial score (nSPS) is 11.5. The van der Waals surface area contributed by atoms with Gasteiger partial charge < -0.3 is 15.7 Å². The minimum Gasteiger partial charge on any atom is -0.480 e. The van der Waals surface area contributed by atoms with Crippen LogP contribution in [0, 0.1) is 6.92 Å². The molecule has 142 valence electrons. The van der Waals surface area contributed by atoms with Crippen molar-refractivity contribution in [3.8, 4) is 0 Å². The fourth-order valence-electron chi connectivity index (χ4n) is 2.48. The molecule has 0 aliphatic heterocycles. The van der Waals surface area contributed by atoms with Crippen molar-refractivity contribution in [3.63, 3.8) is 0 Å². The first kappa shape index (κ1) is 20.2. The highest BCUT2D eigenvalue weighted by Gasteiger charge is 2.15. The molecule has 0 saturated heterocycles. The first-order valence-corrected chi connectivity index (χ1v) is 8.84. The Balaban J connectivity index is 1.79. The minimum atomic E-state index is -1.10. The Hall–Kier alpha value is -3.15. The third kappa shape index (κ3) is 6.58. The van der Waals surface area contributed by atoms with Gasteiger partial charge in [0, 0.05) is 17.7 Å². The predicted octanol–water partition coefficient (Wildman–Crippen LogP) is 3.16. The molecule has 1 atom stereocenters. The molecule has 0 aliphatic rings. The Morgan fingerprint density at radius 3 is 2.22 bits per heavy atom. The maximum Gasteiger partial charge on any atom is 0.325 e. The lowest BCUT2D eigenvalue weighted by Crippen LogP contribution is -2.38. The number of carbonyl (C=O) groups is 3. The molecule has 6 heteroatoms. The maximum absolute atomic E-state index is 12.0. The summed E-state index contributed by atoms with van der Waals surface area (Å²) in [7, 11) is 0. The van der Waals surface area contributed by atoms with E-state index < -0.39 is 17.9 Å². The van der Waals surface area contributed by atoms with Crippen molar-refractivity contribution in [1.82, 2.24) is 5.32 Å². The van der Waals surface area contributed by atoms with Gasteiger partial charge in [-0.15, -0.1) is 0 Å². The Kier molecular flexibility index (Phi) is 7.11. The second-order valence-corrected chi connectivity index (χ2v) is 6.50. The standard InChI is InChI=1S/C21H24N2O4/c1-14-6-8-16(9-7-14)4-3-5-19(24)23-18-12-10-17(11-13-18)20(25)22-15(2)21(26)27/h6-13,15H,3-5H2,1-2H3,(H,22,25)(H,23,24)(H,26,27). The number of nitrogens with one attached hydrogen (secondary N) is 2. The topological polar surface area (TPSA) is 95.5 Å². The molecule has 0 aliphatic carbocycles. The number of amides is 2. The van der Waals surface area contributed by atoms with Crippen molar-refractivity contribution < 1.29 is 19.5 Å². The van der Waals surface area contributed by atoms with Gasteiger partial charge in [-0.05, 0) is 56.5 Å². The van der Waals surface area contributed by atoms with Crippen LogP contribution in [0.2, 0.25) is 0 Å². The van der Waals surface area contributed by atoms with Crippen LogP contribution >= 0.6 is 0 Å². The Morgan fingerprint density at radius 1 is 1.00 bits per heavy atom. The van der Waals surface area contributed by atoms with Crippen LogP contribution < -0.4 is 10.6 Å². The molecule has 0 heterocycles. The van der Waals surface area contributed by atoms with Crippen molar-refractivity contribution in [2.75, 3.05) is 5.32 Å². The lowest BCUT2D eigenvalue weighted by Gasteiger charge is -2.10. The minimum absolute atomic E-state index is 0.0844. The molecule has 6 nitrogen and oxygen atoms in total. The molecule has 2 amide bonds. The number of hydrogen-bond acceptors (Lipinski definition) is 3. The molecule has 2 aromatic carbocycles. The van der Waals surface area contributed by atoms with Gasteiger partial charge >= 0.3 is 5.97 Å². The number of carboxylic acid groups (broad SMARTS) is 1. The van der Waals surface area contributed by atoms with Crippen molar-refractivity contribution >= 4 is 23.5 Å². The molecular weight excluding hydrogens is 344 g/mol. The van der Waals surface area contributed by atoms with Crippen LogP contribution in [0.15, 0.2) is 48.5 Å². The molecule has 0 aromatic heterocycles. The van der Waals surface area contributed by atoms with Gasteiger partial charge in [0.25, 0.3) is 5.91 Å². The zero-order chi connectivity index (χ0) is 19.8. The third-order valence-corrected chi connectivity index (χ3v) is 4.14. The van der Waals surface area contributed by atoms with Crippen LogP contribution in [0.4, 0.5) is 5.69 Å². The quantitative estimate of drug-likeness (QED) is 0.667. The molecule has 1 unspecified atom stereocenters. The fourth-order valence-corrected chi connectivity index (χ4v) is 2.48. The molecular formula is C21H24N2O4. The lowest BCUT2D eigenvalue weighted by molar-refractivity contribution is -0.138. The third-order valence-electron chi connectivity index (χ3n) is 4.14. The lowest BCUT2D eigenvalue weighted by atomic mass is 10.1. The van der Waals surface area contributed by atoms with E-state index in [1.54, 1.807) is 24.3 Å². The molecule has 27 heavy (non-hydrogen) atoms. The zero-order valence-electron chi connectivity index (χ0n) is 15.5. The van der Waals surface area contributed by atoms with E-state index in [0.717, 1.165) is 12.8 Å². The summed E-state index contributed by atoms with van der Waals surface area (Å²) in [6.07, 6.45) is 2.00. The van der Waals surface area contributed by atoms with E-state index in [-0.39, 0.29) is 5.91 Å². The maximum atomic E-state index is 12.0. The van der Waals surface area contributed by atoms with E-state index in [1.165, 1.54) is 18.1 Å². The number of rotatable bonds is 8. The van der Waals surface area contributed by atoms with E-state index in [1.807, 2.05) is 6.92 Å². The van der Waals surface area contributed by atoms with E-state index in [2.05, 4.69) is 34.9 Å². The molecule has 0 bridgehead atoms. The van der Waals surface area contributed by atoms with Crippen molar-refractivity contribution in [2.45, 2.75) is 39.2 Å². The van der Waals surface area contributed by atoms with E-state index >= 15 is 0 Å². The number of carbonyl (C=O) groups excluding carboxylic acids is 2.